The number of carbonyl (C=O) groups is 3. The standard InChI is InChI=1S/C13H10O3/c1-7-11(8(2)14)13(16)10-6-4-3-5-9(10)12(7)15/h3-6H,1-2H3. The first-order chi connectivity index (χ1) is 7.54. The maximum Gasteiger partial charge on any atom is 0.197 e. The molecule has 0 spiro atoms. The first kappa shape index (κ1) is 10.5. The molecule has 0 bridgehead atoms. The van der Waals surface area contributed by atoms with Crippen molar-refractivity contribution in [3.05, 3.63) is 46.5 Å². The number of hydrogen-bond donors (Lipinski definition) is 0. The summed E-state index contributed by atoms with van der Waals surface area (Å²) in [5.41, 5.74) is 0.971. The van der Waals surface area contributed by atoms with Gasteiger partial charge in [-0.2, -0.15) is 0 Å². The average Bonchev–Trinajstić information content (AvgIpc) is 2.26. The van der Waals surface area contributed by atoms with E-state index in [1.54, 1.807) is 24.3 Å². The molecule has 1 aliphatic carbocycles. The van der Waals surface area contributed by atoms with Crippen LogP contribution in [0.2, 0.25) is 0 Å². The molecule has 0 saturated heterocycles. The molecular weight excluding hydrogens is 204 g/mol. The third-order valence-corrected chi connectivity index (χ3v) is 2.71. The molecule has 80 valence electrons. The Kier molecular flexibility index (Phi) is 2.31. The minimum atomic E-state index is -0.356. The Morgan fingerprint density at radius 2 is 1.50 bits per heavy atom. The second kappa shape index (κ2) is 3.52. The molecular formula is C13H10O3. The zero-order valence-electron chi connectivity index (χ0n) is 9.03. The molecule has 0 aromatic heterocycles. The second-order valence-electron chi connectivity index (χ2n) is 3.76. The van der Waals surface area contributed by atoms with Crippen LogP contribution in [0, 0.1) is 0 Å². The van der Waals surface area contributed by atoms with Gasteiger partial charge in [-0.1, -0.05) is 24.3 Å². The molecule has 1 aromatic rings. The zero-order valence-corrected chi connectivity index (χ0v) is 9.03. The van der Waals surface area contributed by atoms with E-state index in [1.165, 1.54) is 13.8 Å². The van der Waals surface area contributed by atoms with Crippen molar-refractivity contribution in [2.24, 2.45) is 0 Å². The molecule has 2 rings (SSSR count). The first-order valence-corrected chi connectivity index (χ1v) is 4.94. The van der Waals surface area contributed by atoms with Gasteiger partial charge in [0.1, 0.15) is 0 Å². The average molecular weight is 214 g/mol. The van der Waals surface area contributed by atoms with Crippen molar-refractivity contribution in [3.63, 3.8) is 0 Å². The highest BCUT2D eigenvalue weighted by molar-refractivity contribution is 6.36. The molecule has 0 saturated carbocycles. The van der Waals surface area contributed by atoms with Gasteiger partial charge in [-0.25, -0.2) is 0 Å². The van der Waals surface area contributed by atoms with Crippen LogP contribution in [-0.2, 0) is 4.79 Å². The Bertz CT molecular complexity index is 550. The second-order valence-corrected chi connectivity index (χ2v) is 3.76. The normalized spacial score (nSPS) is 15.1. The van der Waals surface area contributed by atoms with Crippen molar-refractivity contribution in [3.8, 4) is 0 Å². The Labute approximate surface area is 92.8 Å². The van der Waals surface area contributed by atoms with Crippen LogP contribution in [0.1, 0.15) is 34.6 Å². The molecule has 1 aromatic carbocycles. The van der Waals surface area contributed by atoms with Gasteiger partial charge in [0.2, 0.25) is 0 Å². The summed E-state index contributed by atoms with van der Waals surface area (Å²) in [5, 5.41) is 0. The lowest BCUT2D eigenvalue weighted by atomic mass is 9.83. The van der Waals surface area contributed by atoms with Crippen LogP contribution >= 0.6 is 0 Å². The van der Waals surface area contributed by atoms with E-state index < -0.39 is 0 Å². The Balaban J connectivity index is 2.73. The molecule has 3 nitrogen and oxygen atoms in total. The van der Waals surface area contributed by atoms with Crippen molar-refractivity contribution >= 4 is 17.3 Å². The largest absolute Gasteiger partial charge is 0.294 e. The Morgan fingerprint density at radius 3 is 2.00 bits per heavy atom. The molecule has 1 aliphatic rings. The highest BCUT2D eigenvalue weighted by atomic mass is 16.2. The predicted molar refractivity (Wildman–Crippen MR) is 58.5 cm³/mol. The van der Waals surface area contributed by atoms with E-state index >= 15 is 0 Å². The fourth-order valence-electron chi connectivity index (χ4n) is 1.92. The molecule has 0 radical (unpaired) electrons. The van der Waals surface area contributed by atoms with Crippen LogP contribution in [0.15, 0.2) is 35.4 Å². The number of carbonyl (C=O) groups excluding carboxylic acids is 3. The minimum absolute atomic E-state index is 0.0173. The summed E-state index contributed by atoms with van der Waals surface area (Å²) >= 11 is 0. The SMILES string of the molecule is CC(=O)C1=C(C)C(=O)c2ccccc2C1=O. The maximum absolute atomic E-state index is 12.0. The summed E-state index contributed by atoms with van der Waals surface area (Å²) < 4.78 is 0. The molecule has 16 heavy (non-hydrogen) atoms. The summed E-state index contributed by atoms with van der Waals surface area (Å²) in [6.07, 6.45) is 0. The molecule has 0 N–H and O–H groups in total. The van der Waals surface area contributed by atoms with Gasteiger partial charge in [-0.15, -0.1) is 0 Å². The Hall–Kier alpha value is -2.03. The van der Waals surface area contributed by atoms with Gasteiger partial charge in [-0.05, 0) is 13.8 Å². The fourth-order valence-corrected chi connectivity index (χ4v) is 1.92. The topological polar surface area (TPSA) is 51.2 Å². The van der Waals surface area contributed by atoms with Crippen LogP contribution in [0.4, 0.5) is 0 Å². The van der Waals surface area contributed by atoms with Crippen molar-refractivity contribution in [2.75, 3.05) is 0 Å². The monoisotopic (exact) mass is 214 g/mol. The zero-order chi connectivity index (χ0) is 11.9. The van der Waals surface area contributed by atoms with Gasteiger partial charge < -0.3 is 0 Å². The Morgan fingerprint density at radius 1 is 1.00 bits per heavy atom. The number of Topliss-reactive ketones (excluding diaryl/α,β-unsaturated/α-hetero) is 3. The number of allylic oxidation sites excluding steroid dienone is 2. The van der Waals surface area contributed by atoms with Crippen LogP contribution < -0.4 is 0 Å². The smallest absolute Gasteiger partial charge is 0.197 e. The van der Waals surface area contributed by atoms with Gasteiger partial charge in [0.15, 0.2) is 17.3 Å². The van der Waals surface area contributed by atoms with Gasteiger partial charge in [0, 0.05) is 16.7 Å². The van der Waals surface area contributed by atoms with Crippen molar-refractivity contribution in [1.82, 2.24) is 0 Å². The van der Waals surface area contributed by atoms with Gasteiger partial charge in [0.05, 0.1) is 5.57 Å². The van der Waals surface area contributed by atoms with Crippen LogP contribution in [0.25, 0.3) is 0 Å². The quantitative estimate of drug-likeness (QED) is 0.671. The number of benzene rings is 1. The van der Waals surface area contributed by atoms with E-state index in [-0.39, 0.29) is 28.5 Å². The van der Waals surface area contributed by atoms with Gasteiger partial charge in [0.25, 0.3) is 0 Å². The highest BCUT2D eigenvalue weighted by Crippen LogP contribution is 2.26. The van der Waals surface area contributed by atoms with E-state index in [0.29, 0.717) is 11.1 Å². The van der Waals surface area contributed by atoms with Crippen molar-refractivity contribution in [2.45, 2.75) is 13.8 Å². The lowest BCUT2D eigenvalue weighted by molar-refractivity contribution is -0.113. The lowest BCUT2D eigenvalue weighted by Gasteiger charge is -2.16. The van der Waals surface area contributed by atoms with E-state index in [0.717, 1.165) is 0 Å². The van der Waals surface area contributed by atoms with Crippen LogP contribution in [0.5, 0.6) is 0 Å². The van der Waals surface area contributed by atoms with E-state index in [9.17, 15) is 14.4 Å². The minimum Gasteiger partial charge on any atom is -0.294 e. The summed E-state index contributed by atoms with van der Waals surface area (Å²) in [6.45, 7) is 2.82. The third kappa shape index (κ3) is 1.33. The predicted octanol–water partition coefficient (Wildman–Crippen LogP) is 1.97. The summed E-state index contributed by atoms with van der Waals surface area (Å²) in [6, 6.07) is 6.57. The molecule has 0 heterocycles. The summed E-state index contributed by atoms with van der Waals surface area (Å²) in [7, 11) is 0. The molecule has 0 unspecified atom stereocenters. The maximum atomic E-state index is 12.0. The summed E-state index contributed by atoms with van der Waals surface area (Å²) in [5.74, 6) is -0.939. The fraction of sp³-hybridized carbons (Fsp3) is 0.154. The van der Waals surface area contributed by atoms with E-state index in [2.05, 4.69) is 0 Å². The third-order valence-electron chi connectivity index (χ3n) is 2.71. The van der Waals surface area contributed by atoms with Crippen LogP contribution in [-0.4, -0.2) is 17.3 Å². The highest BCUT2D eigenvalue weighted by Gasteiger charge is 2.31. The van der Waals surface area contributed by atoms with Crippen LogP contribution in [0.3, 0.4) is 0 Å². The summed E-state index contributed by atoms with van der Waals surface area (Å²) in [4.78, 5) is 35.2. The number of ketones is 3. The molecule has 0 atom stereocenters. The van der Waals surface area contributed by atoms with Gasteiger partial charge in [-0.3, -0.25) is 14.4 Å². The van der Waals surface area contributed by atoms with Crippen molar-refractivity contribution in [1.29, 1.82) is 0 Å². The van der Waals surface area contributed by atoms with E-state index in [1.807, 2.05) is 0 Å². The molecule has 0 aliphatic heterocycles. The molecule has 0 fully saturated rings. The van der Waals surface area contributed by atoms with Gasteiger partial charge >= 0.3 is 0 Å². The number of hydrogen-bond acceptors (Lipinski definition) is 3. The number of rotatable bonds is 1. The van der Waals surface area contributed by atoms with E-state index in [4.69, 9.17) is 0 Å². The van der Waals surface area contributed by atoms with Crippen molar-refractivity contribution < 1.29 is 14.4 Å². The lowest BCUT2D eigenvalue weighted by Crippen LogP contribution is -2.24. The number of fused-ring (bicyclic) bond motifs is 1. The molecule has 0 amide bonds. The first-order valence-electron chi connectivity index (χ1n) is 4.94. The molecule has 3 heteroatoms.